The van der Waals surface area contributed by atoms with Crippen molar-refractivity contribution in [3.63, 3.8) is 0 Å². The maximum Gasteiger partial charge on any atom is 0.311 e. The van der Waals surface area contributed by atoms with E-state index in [1.165, 1.54) is 12.1 Å². The van der Waals surface area contributed by atoms with E-state index in [0.717, 1.165) is 33.7 Å². The number of nitro benzene ring substituents is 1. The lowest BCUT2D eigenvalue weighted by Crippen LogP contribution is -2.36. The molecule has 0 saturated carbocycles. The smallest absolute Gasteiger partial charge is 0.311 e. The summed E-state index contributed by atoms with van der Waals surface area (Å²) in [4.78, 5) is 48.4. The van der Waals surface area contributed by atoms with Crippen LogP contribution in [-0.4, -0.2) is 38.5 Å². The van der Waals surface area contributed by atoms with Gasteiger partial charge in [0.15, 0.2) is 5.75 Å². The highest BCUT2D eigenvalue weighted by molar-refractivity contribution is 8.18. The van der Waals surface area contributed by atoms with Gasteiger partial charge in [-0.25, -0.2) is 0 Å². The molecule has 2 aromatic carbocycles. The molecule has 9 nitrogen and oxygen atoms in total. The normalized spacial score (nSPS) is 14.9. The largest absolute Gasteiger partial charge is 0.502 e. The van der Waals surface area contributed by atoms with Crippen LogP contribution in [0.3, 0.4) is 0 Å². The summed E-state index contributed by atoms with van der Waals surface area (Å²) in [6.45, 7) is 5.20. The average Bonchev–Trinajstić information content (AvgIpc) is 2.93. The molecule has 0 unspecified atom stereocenters. The van der Waals surface area contributed by atoms with Crippen LogP contribution in [-0.2, 0) is 9.59 Å². The Hall–Kier alpha value is -3.66. The summed E-state index contributed by atoms with van der Waals surface area (Å²) in [6.07, 6.45) is 1.31. The number of carbonyl (C=O) groups is 3. The molecule has 2 aromatic rings. The standard InChI is InChI=1S/C21H19N3O6S/c1-11-6-12(2)19(13(3)7-11)22-18(26)10-23-20(27)17(31-21(23)28)9-14-4-5-16(25)15(8-14)24(29)30/h4-9,25H,10H2,1-3H3,(H,22,26)/b17-9+. The van der Waals surface area contributed by atoms with Gasteiger partial charge in [0.05, 0.1) is 9.83 Å². The summed E-state index contributed by atoms with van der Waals surface area (Å²) in [5.41, 5.74) is 3.18. The van der Waals surface area contributed by atoms with Crippen LogP contribution in [0, 0.1) is 30.9 Å². The van der Waals surface area contributed by atoms with Crippen LogP contribution < -0.4 is 5.32 Å². The first kappa shape index (κ1) is 22.0. The molecule has 1 saturated heterocycles. The first-order valence-electron chi connectivity index (χ1n) is 9.17. The fourth-order valence-electron chi connectivity index (χ4n) is 3.26. The van der Waals surface area contributed by atoms with Crippen LogP contribution in [0.1, 0.15) is 22.3 Å². The van der Waals surface area contributed by atoms with Crippen molar-refractivity contribution in [1.29, 1.82) is 0 Å². The Bertz CT molecular complexity index is 1130. The number of nitro groups is 1. The number of rotatable bonds is 5. The average molecular weight is 441 g/mol. The number of amides is 3. The van der Waals surface area contributed by atoms with Gasteiger partial charge in [-0.2, -0.15) is 0 Å². The van der Waals surface area contributed by atoms with Gasteiger partial charge in [-0.1, -0.05) is 23.8 Å². The maximum absolute atomic E-state index is 12.6. The third kappa shape index (κ3) is 4.75. The van der Waals surface area contributed by atoms with Crippen LogP contribution in [0.2, 0.25) is 0 Å². The molecule has 0 atom stereocenters. The van der Waals surface area contributed by atoms with Gasteiger partial charge in [-0.05, 0) is 61.4 Å². The lowest BCUT2D eigenvalue weighted by molar-refractivity contribution is -0.385. The highest BCUT2D eigenvalue weighted by Gasteiger charge is 2.36. The summed E-state index contributed by atoms with van der Waals surface area (Å²) < 4.78 is 0. The maximum atomic E-state index is 12.6. The lowest BCUT2D eigenvalue weighted by atomic mass is 10.1. The van der Waals surface area contributed by atoms with E-state index in [9.17, 15) is 29.6 Å². The summed E-state index contributed by atoms with van der Waals surface area (Å²) in [5, 5.41) is 22.6. The highest BCUT2D eigenvalue weighted by Crippen LogP contribution is 2.34. The van der Waals surface area contributed by atoms with Gasteiger partial charge < -0.3 is 10.4 Å². The number of hydrogen-bond acceptors (Lipinski definition) is 7. The van der Waals surface area contributed by atoms with Gasteiger partial charge in [0.1, 0.15) is 6.54 Å². The fraction of sp³-hybridized carbons (Fsp3) is 0.190. The third-order valence-corrected chi connectivity index (χ3v) is 5.52. The molecule has 31 heavy (non-hydrogen) atoms. The number of nitrogens with zero attached hydrogens (tertiary/aromatic N) is 2. The van der Waals surface area contributed by atoms with E-state index in [-0.39, 0.29) is 10.5 Å². The zero-order valence-electron chi connectivity index (χ0n) is 17.0. The zero-order valence-corrected chi connectivity index (χ0v) is 17.8. The number of anilines is 1. The minimum atomic E-state index is -0.752. The van der Waals surface area contributed by atoms with E-state index in [4.69, 9.17) is 0 Å². The molecule has 3 amide bonds. The lowest BCUT2D eigenvalue weighted by Gasteiger charge is -2.15. The number of phenolic OH excluding ortho intramolecular Hbond substituents is 1. The van der Waals surface area contributed by atoms with Crippen molar-refractivity contribution in [1.82, 2.24) is 4.90 Å². The molecule has 3 rings (SSSR count). The first-order chi connectivity index (χ1) is 14.6. The van der Waals surface area contributed by atoms with Crippen LogP contribution in [0.4, 0.5) is 16.2 Å². The van der Waals surface area contributed by atoms with Gasteiger partial charge >= 0.3 is 5.69 Å². The Morgan fingerprint density at radius 2 is 1.84 bits per heavy atom. The second-order valence-corrected chi connectivity index (χ2v) is 8.09. The summed E-state index contributed by atoms with van der Waals surface area (Å²) in [5.74, 6) is -1.69. The molecule has 0 bridgehead atoms. The van der Waals surface area contributed by atoms with E-state index >= 15 is 0 Å². The zero-order chi connectivity index (χ0) is 22.9. The molecule has 0 radical (unpaired) electrons. The summed E-state index contributed by atoms with van der Waals surface area (Å²) in [7, 11) is 0. The van der Waals surface area contributed by atoms with Gasteiger partial charge in [-0.15, -0.1) is 0 Å². The molecule has 1 aliphatic rings. The van der Waals surface area contributed by atoms with E-state index in [0.29, 0.717) is 17.4 Å². The number of aryl methyl sites for hydroxylation is 3. The van der Waals surface area contributed by atoms with E-state index < -0.39 is 40.0 Å². The highest BCUT2D eigenvalue weighted by atomic mass is 32.2. The van der Waals surface area contributed by atoms with Crippen molar-refractivity contribution in [2.45, 2.75) is 20.8 Å². The van der Waals surface area contributed by atoms with Gasteiger partial charge in [0, 0.05) is 11.8 Å². The molecule has 1 heterocycles. The van der Waals surface area contributed by atoms with Crippen LogP contribution in [0.25, 0.3) is 6.08 Å². The van der Waals surface area contributed by atoms with Gasteiger partial charge in [-0.3, -0.25) is 29.4 Å². The number of benzene rings is 2. The molecule has 1 aliphatic heterocycles. The fourth-order valence-corrected chi connectivity index (χ4v) is 4.10. The van der Waals surface area contributed by atoms with Crippen molar-refractivity contribution < 1.29 is 24.4 Å². The van der Waals surface area contributed by atoms with Gasteiger partial charge in [0.25, 0.3) is 11.1 Å². The second kappa shape index (κ2) is 8.60. The van der Waals surface area contributed by atoms with E-state index in [1.54, 1.807) is 0 Å². The van der Waals surface area contributed by atoms with Crippen molar-refractivity contribution >= 4 is 46.3 Å². The van der Waals surface area contributed by atoms with Crippen LogP contribution in [0.15, 0.2) is 35.2 Å². The molecule has 1 fully saturated rings. The third-order valence-electron chi connectivity index (χ3n) is 4.61. The molecular weight excluding hydrogens is 422 g/mol. The van der Waals surface area contributed by atoms with Crippen molar-refractivity contribution in [3.05, 3.63) is 67.6 Å². The Morgan fingerprint density at radius 3 is 2.45 bits per heavy atom. The Kier molecular flexibility index (Phi) is 6.11. The number of aromatic hydroxyl groups is 1. The van der Waals surface area contributed by atoms with Crippen LogP contribution >= 0.6 is 11.8 Å². The monoisotopic (exact) mass is 441 g/mol. The summed E-state index contributed by atoms with van der Waals surface area (Å²) in [6, 6.07) is 7.45. The van der Waals surface area contributed by atoms with E-state index in [1.807, 2.05) is 32.9 Å². The van der Waals surface area contributed by atoms with Crippen molar-refractivity contribution in [2.75, 3.05) is 11.9 Å². The molecule has 2 N–H and O–H groups in total. The minimum Gasteiger partial charge on any atom is -0.502 e. The number of thioether (sulfide) groups is 1. The molecule has 10 heteroatoms. The number of phenols is 1. The topological polar surface area (TPSA) is 130 Å². The van der Waals surface area contributed by atoms with Gasteiger partial charge in [0.2, 0.25) is 5.91 Å². The summed E-state index contributed by atoms with van der Waals surface area (Å²) >= 11 is 0.638. The Morgan fingerprint density at radius 1 is 1.19 bits per heavy atom. The molecule has 0 spiro atoms. The number of nitrogens with one attached hydrogen (secondary N) is 1. The van der Waals surface area contributed by atoms with E-state index in [2.05, 4.69) is 5.32 Å². The molecule has 0 aliphatic carbocycles. The molecule has 160 valence electrons. The quantitative estimate of drug-likeness (QED) is 0.409. The number of hydrogen-bond donors (Lipinski definition) is 2. The molecule has 0 aromatic heterocycles. The predicted molar refractivity (Wildman–Crippen MR) is 117 cm³/mol. The molecular formula is C21H19N3O6S. The van der Waals surface area contributed by atoms with Crippen molar-refractivity contribution in [3.8, 4) is 5.75 Å². The SMILES string of the molecule is Cc1cc(C)c(NC(=O)CN2C(=O)S/C(=C/c3ccc(O)c([N+](=O)[O-])c3)C2=O)c(C)c1. The Balaban J connectivity index is 1.76. The first-order valence-corrected chi connectivity index (χ1v) is 9.99. The minimum absolute atomic E-state index is 0.0282. The van der Waals surface area contributed by atoms with Crippen LogP contribution in [0.5, 0.6) is 5.75 Å². The number of imide groups is 1. The predicted octanol–water partition coefficient (Wildman–Crippen LogP) is 3.90. The second-order valence-electron chi connectivity index (χ2n) is 7.10. The van der Waals surface area contributed by atoms with Crippen molar-refractivity contribution in [2.24, 2.45) is 0 Å². The number of carbonyl (C=O) groups excluding carboxylic acids is 3. The Labute approximate surface area is 181 Å².